The first-order valence-corrected chi connectivity index (χ1v) is 8.11. The summed E-state index contributed by atoms with van der Waals surface area (Å²) in [5, 5.41) is 9.93. The van der Waals surface area contributed by atoms with Gasteiger partial charge in [0.05, 0.1) is 19.3 Å². The number of nitrogens with zero attached hydrogens (tertiary/aromatic N) is 2. The second-order valence-electron chi connectivity index (χ2n) is 6.88. The maximum absolute atomic E-state index is 13.0. The van der Waals surface area contributed by atoms with E-state index in [9.17, 15) is 9.90 Å². The summed E-state index contributed by atoms with van der Waals surface area (Å²) in [6.45, 7) is 4.11. The topological polar surface area (TPSA) is 53.0 Å². The van der Waals surface area contributed by atoms with Gasteiger partial charge in [-0.25, -0.2) is 0 Å². The molecule has 1 fully saturated rings. The van der Waals surface area contributed by atoms with Crippen molar-refractivity contribution in [2.45, 2.75) is 19.8 Å². The summed E-state index contributed by atoms with van der Waals surface area (Å²) in [5.74, 6) is 0.610. The number of amides is 1. The SMILES string of the molecule is COc1cccc(C)c1C(=O)N1CCC[C@@](CO)(CN(C)C)C1. The van der Waals surface area contributed by atoms with Crippen molar-refractivity contribution in [1.82, 2.24) is 9.80 Å². The highest BCUT2D eigenvalue weighted by Crippen LogP contribution is 2.32. The molecule has 2 rings (SSSR count). The number of likely N-dealkylation sites (tertiary alicyclic amines) is 1. The molecule has 128 valence electrons. The summed E-state index contributed by atoms with van der Waals surface area (Å²) < 4.78 is 5.38. The zero-order valence-electron chi connectivity index (χ0n) is 14.6. The van der Waals surface area contributed by atoms with E-state index in [1.807, 2.05) is 44.1 Å². The minimum Gasteiger partial charge on any atom is -0.496 e. The van der Waals surface area contributed by atoms with E-state index in [-0.39, 0.29) is 17.9 Å². The Kier molecular flexibility index (Phi) is 5.65. The Morgan fingerprint density at radius 2 is 2.17 bits per heavy atom. The van der Waals surface area contributed by atoms with Crippen molar-refractivity contribution in [1.29, 1.82) is 0 Å². The highest BCUT2D eigenvalue weighted by atomic mass is 16.5. The van der Waals surface area contributed by atoms with Gasteiger partial charge in [0, 0.05) is 25.0 Å². The quantitative estimate of drug-likeness (QED) is 0.898. The van der Waals surface area contributed by atoms with Crippen LogP contribution in [-0.4, -0.2) is 68.3 Å². The molecule has 1 aliphatic heterocycles. The van der Waals surface area contributed by atoms with Crippen molar-refractivity contribution in [3.63, 3.8) is 0 Å². The van der Waals surface area contributed by atoms with Crippen molar-refractivity contribution in [2.24, 2.45) is 5.41 Å². The number of hydrogen-bond donors (Lipinski definition) is 1. The van der Waals surface area contributed by atoms with Gasteiger partial charge in [-0.3, -0.25) is 4.79 Å². The fraction of sp³-hybridized carbons (Fsp3) is 0.611. The van der Waals surface area contributed by atoms with Crippen LogP contribution in [-0.2, 0) is 0 Å². The number of hydrogen-bond acceptors (Lipinski definition) is 4. The van der Waals surface area contributed by atoms with Gasteiger partial charge in [0.2, 0.25) is 0 Å². The lowest BCUT2D eigenvalue weighted by Crippen LogP contribution is -2.52. The molecule has 1 aromatic rings. The van der Waals surface area contributed by atoms with E-state index in [2.05, 4.69) is 4.90 Å². The first-order chi connectivity index (χ1) is 10.9. The average molecular weight is 320 g/mol. The van der Waals surface area contributed by atoms with E-state index < -0.39 is 0 Å². The number of carbonyl (C=O) groups excluding carboxylic acids is 1. The molecule has 1 amide bonds. The summed E-state index contributed by atoms with van der Waals surface area (Å²) in [7, 11) is 5.59. The van der Waals surface area contributed by atoms with Gasteiger partial charge >= 0.3 is 0 Å². The Balaban J connectivity index is 2.26. The molecule has 0 radical (unpaired) electrons. The second-order valence-corrected chi connectivity index (χ2v) is 6.88. The number of aliphatic hydroxyl groups excluding tert-OH is 1. The van der Waals surface area contributed by atoms with Gasteiger partial charge in [0.25, 0.3) is 5.91 Å². The van der Waals surface area contributed by atoms with Crippen molar-refractivity contribution < 1.29 is 14.6 Å². The maximum atomic E-state index is 13.0. The van der Waals surface area contributed by atoms with Crippen molar-refractivity contribution in [3.8, 4) is 5.75 Å². The molecule has 1 heterocycles. The standard InChI is InChI=1S/C18H28N2O3/c1-14-7-5-8-15(23-4)16(14)17(22)20-10-6-9-18(12-20,13-21)11-19(2)3/h5,7-8,21H,6,9-13H2,1-4H3/t18-/m1/s1. The molecular formula is C18H28N2O3. The monoisotopic (exact) mass is 320 g/mol. The van der Waals surface area contributed by atoms with Crippen LogP contribution in [0.2, 0.25) is 0 Å². The Hall–Kier alpha value is -1.59. The van der Waals surface area contributed by atoms with Crippen molar-refractivity contribution in [3.05, 3.63) is 29.3 Å². The fourth-order valence-corrected chi connectivity index (χ4v) is 3.60. The summed E-state index contributed by atoms with van der Waals surface area (Å²) in [5.41, 5.74) is 1.31. The Morgan fingerprint density at radius 3 is 2.78 bits per heavy atom. The highest BCUT2D eigenvalue weighted by Gasteiger charge is 2.38. The number of piperidine rings is 1. The second kappa shape index (κ2) is 7.32. The first-order valence-electron chi connectivity index (χ1n) is 8.11. The van der Waals surface area contributed by atoms with Gasteiger partial charge in [-0.15, -0.1) is 0 Å². The first kappa shape index (κ1) is 17.8. The lowest BCUT2D eigenvalue weighted by Gasteiger charge is -2.43. The summed E-state index contributed by atoms with van der Waals surface area (Å²) in [6, 6.07) is 5.65. The smallest absolute Gasteiger partial charge is 0.257 e. The molecule has 0 aliphatic carbocycles. The van der Waals surface area contributed by atoms with Gasteiger partial charge in [0.1, 0.15) is 5.75 Å². The predicted molar refractivity (Wildman–Crippen MR) is 90.9 cm³/mol. The van der Waals surface area contributed by atoms with Crippen LogP contribution in [0.3, 0.4) is 0 Å². The van der Waals surface area contributed by atoms with Gasteiger partial charge < -0.3 is 19.6 Å². The average Bonchev–Trinajstić information content (AvgIpc) is 2.53. The normalized spacial score (nSPS) is 21.6. The molecule has 1 N–H and O–H groups in total. The number of benzene rings is 1. The number of methoxy groups -OCH3 is 1. The number of carbonyl (C=O) groups is 1. The van der Waals surface area contributed by atoms with Crippen LogP contribution in [0.25, 0.3) is 0 Å². The van der Waals surface area contributed by atoms with Gasteiger partial charge in [-0.1, -0.05) is 12.1 Å². The molecule has 0 unspecified atom stereocenters. The van der Waals surface area contributed by atoms with E-state index in [4.69, 9.17) is 4.74 Å². The third-order valence-electron chi connectivity index (χ3n) is 4.60. The lowest BCUT2D eigenvalue weighted by atomic mass is 9.80. The Morgan fingerprint density at radius 1 is 1.43 bits per heavy atom. The molecule has 23 heavy (non-hydrogen) atoms. The molecule has 5 heteroatoms. The fourth-order valence-electron chi connectivity index (χ4n) is 3.60. The van der Waals surface area contributed by atoms with Crippen LogP contribution in [0.1, 0.15) is 28.8 Å². The molecular weight excluding hydrogens is 292 g/mol. The summed E-state index contributed by atoms with van der Waals surface area (Å²) >= 11 is 0. The highest BCUT2D eigenvalue weighted by molar-refractivity contribution is 5.98. The number of aliphatic hydroxyl groups is 1. The van der Waals surface area contributed by atoms with Crippen LogP contribution in [0, 0.1) is 12.3 Å². The lowest BCUT2D eigenvalue weighted by molar-refractivity contribution is 0.0137. The molecule has 1 aromatic carbocycles. The predicted octanol–water partition coefficient (Wildman–Crippen LogP) is 1.78. The summed E-state index contributed by atoms with van der Waals surface area (Å²) in [6.07, 6.45) is 1.85. The van der Waals surface area contributed by atoms with E-state index >= 15 is 0 Å². The van der Waals surface area contributed by atoms with Crippen molar-refractivity contribution >= 4 is 5.91 Å². The van der Waals surface area contributed by atoms with Gasteiger partial charge in [-0.2, -0.15) is 0 Å². The largest absolute Gasteiger partial charge is 0.496 e. The Bertz CT molecular complexity index is 559. The molecule has 1 aliphatic rings. The minimum atomic E-state index is -0.243. The van der Waals surface area contributed by atoms with E-state index in [1.54, 1.807) is 7.11 Å². The van der Waals surface area contributed by atoms with Crippen LogP contribution in [0.4, 0.5) is 0 Å². The minimum absolute atomic E-state index is 0.00349. The molecule has 0 aromatic heterocycles. The zero-order valence-corrected chi connectivity index (χ0v) is 14.6. The van der Waals surface area contributed by atoms with Crippen LogP contribution < -0.4 is 4.74 Å². The third kappa shape index (κ3) is 3.85. The molecule has 0 spiro atoms. The number of aryl methyl sites for hydroxylation is 1. The van der Waals surface area contributed by atoms with Crippen LogP contribution >= 0.6 is 0 Å². The van der Waals surface area contributed by atoms with Crippen LogP contribution in [0.15, 0.2) is 18.2 Å². The summed E-state index contributed by atoms with van der Waals surface area (Å²) in [4.78, 5) is 17.0. The van der Waals surface area contributed by atoms with E-state index in [0.717, 1.165) is 31.5 Å². The molecule has 1 saturated heterocycles. The number of rotatable bonds is 5. The zero-order chi connectivity index (χ0) is 17.0. The van der Waals surface area contributed by atoms with Gasteiger partial charge in [0.15, 0.2) is 0 Å². The third-order valence-corrected chi connectivity index (χ3v) is 4.60. The van der Waals surface area contributed by atoms with Crippen LogP contribution in [0.5, 0.6) is 5.75 Å². The van der Waals surface area contributed by atoms with E-state index in [0.29, 0.717) is 17.9 Å². The number of ether oxygens (including phenoxy) is 1. The molecule has 0 saturated carbocycles. The maximum Gasteiger partial charge on any atom is 0.257 e. The molecule has 5 nitrogen and oxygen atoms in total. The van der Waals surface area contributed by atoms with Gasteiger partial charge in [-0.05, 0) is 45.5 Å². The van der Waals surface area contributed by atoms with Crippen molar-refractivity contribution in [2.75, 3.05) is 47.4 Å². The molecule has 1 atom stereocenters. The molecule has 0 bridgehead atoms. The Labute approximate surface area is 138 Å². The van der Waals surface area contributed by atoms with E-state index in [1.165, 1.54) is 0 Å².